The Kier molecular flexibility index (Phi) is 3.35. The smallest absolute Gasteiger partial charge is 0.327 e. The Labute approximate surface area is 104 Å². The van der Waals surface area contributed by atoms with E-state index in [1.165, 1.54) is 0 Å². The van der Waals surface area contributed by atoms with Gasteiger partial charge in [0.25, 0.3) is 0 Å². The van der Waals surface area contributed by atoms with Crippen molar-refractivity contribution in [3.05, 3.63) is 40.4 Å². The van der Waals surface area contributed by atoms with Crippen LogP contribution in [0.1, 0.15) is 0 Å². The Morgan fingerprint density at radius 2 is 1.41 bits per heavy atom. The number of aromatic nitrogens is 3. The summed E-state index contributed by atoms with van der Waals surface area (Å²) >= 11 is 11.0. The minimum Gasteiger partial charge on any atom is -0.424 e. The first kappa shape index (κ1) is 11.9. The van der Waals surface area contributed by atoms with Gasteiger partial charge in [-0.2, -0.15) is 15.0 Å². The summed E-state index contributed by atoms with van der Waals surface area (Å²) in [5.74, 6) is -1.68. The molecule has 0 aliphatic carbocycles. The maximum absolute atomic E-state index is 12.9. The number of benzene rings is 1. The minimum absolute atomic E-state index is 0.110. The van der Waals surface area contributed by atoms with E-state index in [4.69, 9.17) is 27.9 Å². The van der Waals surface area contributed by atoms with Gasteiger partial charge in [-0.15, -0.1) is 0 Å². The molecule has 1 aromatic carbocycles. The molecule has 17 heavy (non-hydrogen) atoms. The molecule has 0 N–H and O–H groups in total. The van der Waals surface area contributed by atoms with Crippen LogP contribution in [0.25, 0.3) is 0 Å². The molecule has 0 spiro atoms. The Morgan fingerprint density at radius 3 is 1.94 bits per heavy atom. The molecule has 0 fully saturated rings. The fourth-order valence-electron chi connectivity index (χ4n) is 1.05. The van der Waals surface area contributed by atoms with Gasteiger partial charge < -0.3 is 4.74 Å². The quantitative estimate of drug-likeness (QED) is 0.846. The Balaban J connectivity index is 2.31. The molecule has 0 unspecified atom stereocenters. The van der Waals surface area contributed by atoms with Crippen LogP contribution in [0, 0.1) is 11.6 Å². The number of nitrogens with zero attached hydrogens (tertiary/aromatic N) is 3. The molecule has 88 valence electrons. The van der Waals surface area contributed by atoms with Crippen LogP contribution in [0.3, 0.4) is 0 Å². The average Bonchev–Trinajstić information content (AvgIpc) is 2.13. The molecule has 8 heteroatoms. The van der Waals surface area contributed by atoms with Gasteiger partial charge in [0.1, 0.15) is 17.4 Å². The van der Waals surface area contributed by atoms with E-state index in [9.17, 15) is 8.78 Å². The van der Waals surface area contributed by atoms with Crippen molar-refractivity contribution in [2.75, 3.05) is 0 Å². The van der Waals surface area contributed by atoms with Gasteiger partial charge in [-0.3, -0.25) is 0 Å². The predicted molar refractivity (Wildman–Crippen MR) is 56.3 cm³/mol. The van der Waals surface area contributed by atoms with Gasteiger partial charge in [-0.25, -0.2) is 8.78 Å². The molecule has 0 aliphatic heterocycles. The van der Waals surface area contributed by atoms with E-state index in [1.807, 2.05) is 0 Å². The Morgan fingerprint density at radius 1 is 0.882 bits per heavy atom. The summed E-state index contributed by atoms with van der Waals surface area (Å²) in [6.45, 7) is 0. The summed E-state index contributed by atoms with van der Waals surface area (Å²) in [6.07, 6.45) is 0. The lowest BCUT2D eigenvalue weighted by atomic mass is 10.3. The van der Waals surface area contributed by atoms with Crippen LogP contribution < -0.4 is 4.74 Å². The molecule has 1 heterocycles. The van der Waals surface area contributed by atoms with E-state index >= 15 is 0 Å². The van der Waals surface area contributed by atoms with E-state index in [0.717, 1.165) is 12.1 Å². The summed E-state index contributed by atoms with van der Waals surface area (Å²) < 4.78 is 30.7. The van der Waals surface area contributed by atoms with Gasteiger partial charge in [0.15, 0.2) is 0 Å². The lowest BCUT2D eigenvalue weighted by Gasteiger charge is -2.04. The van der Waals surface area contributed by atoms with E-state index in [0.29, 0.717) is 6.07 Å². The largest absolute Gasteiger partial charge is 0.424 e. The average molecular weight is 278 g/mol. The molecule has 2 aromatic rings. The molecular formula is C9H3Cl2F2N3O. The number of ether oxygens (including phenoxy) is 1. The van der Waals surface area contributed by atoms with Gasteiger partial charge in [-0.1, -0.05) is 0 Å². The lowest BCUT2D eigenvalue weighted by Crippen LogP contribution is -1.96. The van der Waals surface area contributed by atoms with Gasteiger partial charge >= 0.3 is 6.01 Å². The van der Waals surface area contributed by atoms with Crippen molar-refractivity contribution in [3.63, 3.8) is 0 Å². The normalized spacial score (nSPS) is 10.4. The molecule has 0 saturated carbocycles. The van der Waals surface area contributed by atoms with Crippen molar-refractivity contribution in [2.45, 2.75) is 0 Å². The second kappa shape index (κ2) is 4.77. The third-order valence-corrected chi connectivity index (χ3v) is 1.94. The zero-order valence-corrected chi connectivity index (χ0v) is 9.51. The first-order chi connectivity index (χ1) is 8.02. The van der Waals surface area contributed by atoms with Crippen molar-refractivity contribution < 1.29 is 13.5 Å². The summed E-state index contributed by atoms with van der Waals surface area (Å²) in [5.41, 5.74) is 0. The van der Waals surface area contributed by atoms with Gasteiger partial charge in [0.2, 0.25) is 10.6 Å². The molecule has 0 aliphatic rings. The molecule has 2 rings (SSSR count). The molecule has 0 amide bonds. The topological polar surface area (TPSA) is 47.9 Å². The minimum atomic E-state index is -0.786. The highest BCUT2D eigenvalue weighted by Gasteiger charge is 2.07. The monoisotopic (exact) mass is 277 g/mol. The number of hydrogen-bond acceptors (Lipinski definition) is 4. The van der Waals surface area contributed by atoms with Crippen LogP contribution in [0.15, 0.2) is 18.2 Å². The van der Waals surface area contributed by atoms with Crippen LogP contribution in [0.5, 0.6) is 11.8 Å². The molecular weight excluding hydrogens is 275 g/mol. The lowest BCUT2D eigenvalue weighted by molar-refractivity contribution is 0.430. The third kappa shape index (κ3) is 3.21. The predicted octanol–water partition coefficient (Wildman–Crippen LogP) is 3.25. The van der Waals surface area contributed by atoms with Crippen LogP contribution >= 0.6 is 23.2 Å². The fourth-order valence-corrected chi connectivity index (χ4v) is 1.40. The van der Waals surface area contributed by atoms with Gasteiger partial charge in [0.05, 0.1) is 0 Å². The Hall–Kier alpha value is -1.53. The summed E-state index contributed by atoms with van der Waals surface area (Å²) in [4.78, 5) is 10.7. The highest BCUT2D eigenvalue weighted by Crippen LogP contribution is 2.21. The first-order valence-electron chi connectivity index (χ1n) is 4.24. The van der Waals surface area contributed by atoms with E-state index in [-0.39, 0.29) is 22.3 Å². The van der Waals surface area contributed by atoms with Crippen molar-refractivity contribution in [1.82, 2.24) is 15.0 Å². The zero-order valence-electron chi connectivity index (χ0n) is 7.99. The van der Waals surface area contributed by atoms with E-state index in [1.54, 1.807) is 0 Å². The van der Waals surface area contributed by atoms with Crippen LogP contribution in [-0.4, -0.2) is 15.0 Å². The van der Waals surface area contributed by atoms with Crippen LogP contribution in [-0.2, 0) is 0 Å². The SMILES string of the molecule is Fc1cc(F)cc(Oc2nc(Cl)nc(Cl)n2)c1. The zero-order chi connectivity index (χ0) is 12.4. The Bertz CT molecular complexity index is 478. The second-order valence-corrected chi connectivity index (χ2v) is 3.54. The molecule has 0 bridgehead atoms. The van der Waals surface area contributed by atoms with Crippen molar-refractivity contribution in [2.24, 2.45) is 0 Å². The molecule has 1 aromatic heterocycles. The molecule has 0 radical (unpaired) electrons. The number of hydrogen-bond donors (Lipinski definition) is 0. The van der Waals surface area contributed by atoms with Crippen LogP contribution in [0.4, 0.5) is 8.78 Å². The fraction of sp³-hybridized carbons (Fsp3) is 0. The molecule has 0 atom stereocenters. The first-order valence-corrected chi connectivity index (χ1v) is 4.99. The summed E-state index contributed by atoms with van der Waals surface area (Å²) in [5, 5.41) is -0.367. The standard InChI is InChI=1S/C9H3Cl2F2N3O/c10-7-14-8(11)16-9(15-7)17-6-2-4(12)1-5(13)3-6/h1-3H. The maximum Gasteiger partial charge on any atom is 0.327 e. The van der Waals surface area contributed by atoms with E-state index < -0.39 is 11.6 Å². The summed E-state index contributed by atoms with van der Waals surface area (Å²) in [6, 6.07) is 2.39. The molecule has 0 saturated heterocycles. The van der Waals surface area contributed by atoms with E-state index in [2.05, 4.69) is 15.0 Å². The number of halogens is 4. The second-order valence-electron chi connectivity index (χ2n) is 2.86. The number of rotatable bonds is 2. The van der Waals surface area contributed by atoms with Gasteiger partial charge in [0, 0.05) is 18.2 Å². The third-order valence-electron chi connectivity index (χ3n) is 1.61. The maximum atomic E-state index is 12.9. The summed E-state index contributed by atoms with van der Waals surface area (Å²) in [7, 11) is 0. The van der Waals surface area contributed by atoms with Crippen LogP contribution in [0.2, 0.25) is 10.6 Å². The molecule has 4 nitrogen and oxygen atoms in total. The van der Waals surface area contributed by atoms with Gasteiger partial charge in [-0.05, 0) is 23.2 Å². The van der Waals surface area contributed by atoms with Crippen molar-refractivity contribution >= 4 is 23.2 Å². The highest BCUT2D eigenvalue weighted by molar-refractivity contribution is 6.31. The highest BCUT2D eigenvalue weighted by atomic mass is 35.5. The van der Waals surface area contributed by atoms with Crippen molar-refractivity contribution in [1.29, 1.82) is 0 Å². The van der Waals surface area contributed by atoms with Crippen molar-refractivity contribution in [3.8, 4) is 11.8 Å².